The molecule has 0 aromatic heterocycles. The predicted molar refractivity (Wildman–Crippen MR) is 61.5 cm³/mol. The molecular weight excluding hydrogens is 190 g/mol. The van der Waals surface area contributed by atoms with Crippen LogP contribution < -0.4 is 5.73 Å². The van der Waals surface area contributed by atoms with E-state index in [0.717, 1.165) is 26.1 Å². The molecular formula is C11H23N3O. The van der Waals surface area contributed by atoms with Crippen LogP contribution in [0.3, 0.4) is 0 Å². The normalized spacial score (nSPS) is 24.9. The highest BCUT2D eigenvalue weighted by atomic mass is 16.2. The summed E-state index contributed by atoms with van der Waals surface area (Å²) >= 11 is 0. The molecule has 1 heterocycles. The van der Waals surface area contributed by atoms with Gasteiger partial charge < -0.3 is 10.6 Å². The van der Waals surface area contributed by atoms with Gasteiger partial charge in [0.1, 0.15) is 0 Å². The van der Waals surface area contributed by atoms with Crippen molar-refractivity contribution in [1.29, 1.82) is 0 Å². The van der Waals surface area contributed by atoms with Crippen LogP contribution in [0.15, 0.2) is 0 Å². The highest BCUT2D eigenvalue weighted by Crippen LogP contribution is 2.17. The fourth-order valence-electron chi connectivity index (χ4n) is 2.17. The summed E-state index contributed by atoms with van der Waals surface area (Å²) in [5.74, 6) is 0.754. The van der Waals surface area contributed by atoms with Crippen molar-refractivity contribution in [1.82, 2.24) is 9.80 Å². The lowest BCUT2D eigenvalue weighted by Crippen LogP contribution is -2.49. The molecule has 1 aliphatic heterocycles. The van der Waals surface area contributed by atoms with Gasteiger partial charge in [-0.25, -0.2) is 0 Å². The standard InChI is InChI=1S/C11H23N3O/c1-9(11(15)13(2)3)14-6-4-5-10(7-12)8-14/h9-10H,4-8,12H2,1-3H3. The van der Waals surface area contributed by atoms with Crippen LogP contribution in [-0.2, 0) is 4.79 Å². The molecule has 2 N–H and O–H groups in total. The molecule has 1 amide bonds. The summed E-state index contributed by atoms with van der Waals surface area (Å²) in [5, 5.41) is 0. The van der Waals surface area contributed by atoms with Gasteiger partial charge >= 0.3 is 0 Å². The Labute approximate surface area is 92.4 Å². The quantitative estimate of drug-likeness (QED) is 0.725. The lowest BCUT2D eigenvalue weighted by atomic mass is 9.97. The van der Waals surface area contributed by atoms with Crippen molar-refractivity contribution in [3.8, 4) is 0 Å². The van der Waals surface area contributed by atoms with Crippen LogP contribution in [0.4, 0.5) is 0 Å². The second kappa shape index (κ2) is 5.47. The maximum atomic E-state index is 11.8. The Morgan fingerprint density at radius 2 is 2.27 bits per heavy atom. The number of hydrogen-bond acceptors (Lipinski definition) is 3. The SMILES string of the molecule is CC(C(=O)N(C)C)N1CCCC(CN)C1. The topological polar surface area (TPSA) is 49.6 Å². The van der Waals surface area contributed by atoms with E-state index in [9.17, 15) is 4.79 Å². The van der Waals surface area contributed by atoms with Crippen LogP contribution >= 0.6 is 0 Å². The number of rotatable bonds is 3. The van der Waals surface area contributed by atoms with Crippen molar-refractivity contribution in [3.05, 3.63) is 0 Å². The van der Waals surface area contributed by atoms with Gasteiger partial charge in [0.2, 0.25) is 5.91 Å². The number of carbonyl (C=O) groups is 1. The molecule has 1 fully saturated rings. The van der Waals surface area contributed by atoms with E-state index in [0.29, 0.717) is 5.92 Å². The molecule has 4 nitrogen and oxygen atoms in total. The summed E-state index contributed by atoms with van der Waals surface area (Å²) in [4.78, 5) is 15.7. The summed E-state index contributed by atoms with van der Waals surface area (Å²) in [6.45, 7) is 4.72. The van der Waals surface area contributed by atoms with E-state index in [1.807, 2.05) is 21.0 Å². The highest BCUT2D eigenvalue weighted by Gasteiger charge is 2.27. The van der Waals surface area contributed by atoms with E-state index in [1.165, 1.54) is 6.42 Å². The van der Waals surface area contributed by atoms with E-state index >= 15 is 0 Å². The largest absolute Gasteiger partial charge is 0.347 e. The van der Waals surface area contributed by atoms with Gasteiger partial charge in [0.25, 0.3) is 0 Å². The number of likely N-dealkylation sites (tertiary alicyclic amines) is 1. The van der Waals surface area contributed by atoms with Crippen molar-refractivity contribution in [2.75, 3.05) is 33.7 Å². The molecule has 0 saturated carbocycles. The molecule has 0 spiro atoms. The summed E-state index contributed by atoms with van der Waals surface area (Å²) in [7, 11) is 3.62. The molecule has 4 heteroatoms. The lowest BCUT2D eigenvalue weighted by molar-refractivity contribution is -0.134. The third-order valence-corrected chi connectivity index (χ3v) is 3.23. The van der Waals surface area contributed by atoms with Crippen molar-refractivity contribution in [3.63, 3.8) is 0 Å². The molecule has 1 rings (SSSR count). The Hall–Kier alpha value is -0.610. The smallest absolute Gasteiger partial charge is 0.239 e. The number of nitrogens with two attached hydrogens (primary N) is 1. The van der Waals surface area contributed by atoms with Crippen LogP contribution in [0.5, 0.6) is 0 Å². The summed E-state index contributed by atoms with van der Waals surface area (Å²) in [5.41, 5.74) is 5.68. The van der Waals surface area contributed by atoms with Gasteiger partial charge in [-0.2, -0.15) is 0 Å². The summed E-state index contributed by atoms with van der Waals surface area (Å²) < 4.78 is 0. The van der Waals surface area contributed by atoms with Gasteiger partial charge in [0.05, 0.1) is 6.04 Å². The first-order valence-electron chi connectivity index (χ1n) is 5.71. The molecule has 15 heavy (non-hydrogen) atoms. The zero-order chi connectivity index (χ0) is 11.4. The Morgan fingerprint density at radius 3 is 2.80 bits per heavy atom. The van der Waals surface area contributed by atoms with Gasteiger partial charge in [-0.3, -0.25) is 9.69 Å². The molecule has 1 aliphatic rings. The Morgan fingerprint density at radius 1 is 1.60 bits per heavy atom. The second-order valence-electron chi connectivity index (χ2n) is 4.65. The fraction of sp³-hybridized carbons (Fsp3) is 0.909. The molecule has 0 aliphatic carbocycles. The highest BCUT2D eigenvalue weighted by molar-refractivity contribution is 5.80. The summed E-state index contributed by atoms with van der Waals surface area (Å²) in [6, 6.07) is -0.00523. The lowest BCUT2D eigenvalue weighted by Gasteiger charge is -2.36. The average Bonchev–Trinajstić information content (AvgIpc) is 2.27. The number of amides is 1. The predicted octanol–water partition coefficient (Wildman–Crippen LogP) is 0.134. The van der Waals surface area contributed by atoms with Gasteiger partial charge in [-0.15, -0.1) is 0 Å². The van der Waals surface area contributed by atoms with Crippen LogP contribution in [0.1, 0.15) is 19.8 Å². The third kappa shape index (κ3) is 3.18. The summed E-state index contributed by atoms with van der Waals surface area (Å²) in [6.07, 6.45) is 2.36. The van der Waals surface area contributed by atoms with Crippen LogP contribution in [0.2, 0.25) is 0 Å². The molecule has 2 atom stereocenters. The van der Waals surface area contributed by atoms with E-state index in [4.69, 9.17) is 5.73 Å². The third-order valence-electron chi connectivity index (χ3n) is 3.23. The molecule has 0 radical (unpaired) electrons. The molecule has 1 saturated heterocycles. The zero-order valence-corrected chi connectivity index (χ0v) is 10.1. The fourth-order valence-corrected chi connectivity index (χ4v) is 2.17. The minimum Gasteiger partial charge on any atom is -0.347 e. The minimum atomic E-state index is -0.00523. The molecule has 88 valence electrons. The number of piperidine rings is 1. The average molecular weight is 213 g/mol. The monoisotopic (exact) mass is 213 g/mol. The van der Waals surface area contributed by atoms with E-state index in [1.54, 1.807) is 4.90 Å². The number of nitrogens with zero attached hydrogens (tertiary/aromatic N) is 2. The van der Waals surface area contributed by atoms with Crippen molar-refractivity contribution < 1.29 is 4.79 Å². The van der Waals surface area contributed by atoms with Crippen LogP contribution in [-0.4, -0.2) is 55.5 Å². The second-order valence-corrected chi connectivity index (χ2v) is 4.65. The zero-order valence-electron chi connectivity index (χ0n) is 10.1. The van der Waals surface area contributed by atoms with Crippen molar-refractivity contribution in [2.45, 2.75) is 25.8 Å². The van der Waals surface area contributed by atoms with E-state index < -0.39 is 0 Å². The minimum absolute atomic E-state index is 0.00523. The van der Waals surface area contributed by atoms with Gasteiger partial charge in [-0.1, -0.05) is 0 Å². The van der Waals surface area contributed by atoms with Gasteiger partial charge in [0.15, 0.2) is 0 Å². The van der Waals surface area contributed by atoms with Crippen molar-refractivity contribution >= 4 is 5.91 Å². The first kappa shape index (κ1) is 12.5. The number of carbonyl (C=O) groups excluding carboxylic acids is 1. The molecule has 2 unspecified atom stereocenters. The Kier molecular flexibility index (Phi) is 4.54. The molecule has 0 bridgehead atoms. The van der Waals surface area contributed by atoms with Crippen LogP contribution in [0.25, 0.3) is 0 Å². The van der Waals surface area contributed by atoms with E-state index in [-0.39, 0.29) is 11.9 Å². The van der Waals surface area contributed by atoms with Crippen LogP contribution in [0, 0.1) is 5.92 Å². The molecule has 0 aromatic carbocycles. The first-order valence-corrected chi connectivity index (χ1v) is 5.71. The van der Waals surface area contributed by atoms with Crippen molar-refractivity contribution in [2.24, 2.45) is 11.7 Å². The Bertz CT molecular complexity index is 218. The molecule has 0 aromatic rings. The van der Waals surface area contributed by atoms with E-state index in [2.05, 4.69) is 4.90 Å². The Balaban J connectivity index is 2.51. The number of likely N-dealkylation sites (N-methyl/N-ethyl adjacent to an activating group) is 1. The maximum absolute atomic E-state index is 11.8. The maximum Gasteiger partial charge on any atom is 0.239 e. The number of hydrogen-bond donors (Lipinski definition) is 1. The van der Waals surface area contributed by atoms with Gasteiger partial charge in [0, 0.05) is 20.6 Å². The first-order chi connectivity index (χ1) is 7.06. The van der Waals surface area contributed by atoms with Gasteiger partial charge in [-0.05, 0) is 38.8 Å².